The first-order valence-corrected chi connectivity index (χ1v) is 7.82. The molecule has 0 saturated carbocycles. The van der Waals surface area contributed by atoms with E-state index in [9.17, 15) is 4.79 Å². The minimum absolute atomic E-state index is 0.219. The van der Waals surface area contributed by atoms with E-state index in [2.05, 4.69) is 0 Å². The van der Waals surface area contributed by atoms with Crippen LogP contribution in [-0.2, 0) is 9.53 Å². The van der Waals surface area contributed by atoms with E-state index in [0.717, 1.165) is 16.7 Å². The molecule has 1 saturated heterocycles. The Hall–Kier alpha value is -2.75. The maximum absolute atomic E-state index is 12.3. The van der Waals surface area contributed by atoms with E-state index in [4.69, 9.17) is 14.2 Å². The molecule has 0 bridgehead atoms. The van der Waals surface area contributed by atoms with Crippen molar-refractivity contribution in [1.82, 2.24) is 0 Å². The number of carbonyl (C=O) groups excluding carboxylic acids is 1. The van der Waals surface area contributed by atoms with Gasteiger partial charge in [-0.05, 0) is 35.8 Å². The van der Waals surface area contributed by atoms with E-state index >= 15 is 0 Å². The molecule has 0 aliphatic carbocycles. The van der Waals surface area contributed by atoms with E-state index in [1.54, 1.807) is 14.2 Å². The Morgan fingerprint density at radius 1 is 1.04 bits per heavy atom. The first kappa shape index (κ1) is 16.1. The fraction of sp³-hybridized carbons (Fsp3) is 0.250. The number of hydrogen-bond donors (Lipinski definition) is 0. The van der Waals surface area contributed by atoms with Gasteiger partial charge in [0.1, 0.15) is 6.10 Å². The summed E-state index contributed by atoms with van der Waals surface area (Å²) in [6.07, 6.45) is 0.354. The van der Waals surface area contributed by atoms with E-state index in [1.165, 1.54) is 0 Å². The first-order valence-electron chi connectivity index (χ1n) is 7.82. The molecule has 1 aliphatic rings. The van der Waals surface area contributed by atoms with Crippen molar-refractivity contribution in [1.29, 1.82) is 0 Å². The average Bonchev–Trinajstić information content (AvgIpc) is 3.03. The number of ether oxygens (including phenoxy) is 3. The normalized spacial score (nSPS) is 19.0. The van der Waals surface area contributed by atoms with Crippen molar-refractivity contribution in [3.8, 4) is 11.5 Å². The highest BCUT2D eigenvalue weighted by atomic mass is 16.5. The van der Waals surface area contributed by atoms with Gasteiger partial charge >= 0.3 is 5.97 Å². The molecule has 3 rings (SSSR count). The van der Waals surface area contributed by atoms with Crippen LogP contribution >= 0.6 is 0 Å². The molecule has 24 heavy (non-hydrogen) atoms. The van der Waals surface area contributed by atoms with Crippen LogP contribution in [0.5, 0.6) is 11.5 Å². The molecule has 2 aromatic rings. The second-order valence-corrected chi connectivity index (χ2v) is 5.68. The highest BCUT2D eigenvalue weighted by Gasteiger charge is 2.31. The lowest BCUT2D eigenvalue weighted by atomic mass is 9.96. The Bertz CT molecular complexity index is 777. The largest absolute Gasteiger partial charge is 0.493 e. The second-order valence-electron chi connectivity index (χ2n) is 5.68. The van der Waals surface area contributed by atoms with Gasteiger partial charge in [-0.2, -0.15) is 0 Å². The number of cyclic esters (lactones) is 1. The molecule has 1 unspecified atom stereocenters. The molecule has 0 N–H and O–H groups in total. The van der Waals surface area contributed by atoms with Crippen molar-refractivity contribution in [3.63, 3.8) is 0 Å². The average molecular weight is 324 g/mol. The second kappa shape index (κ2) is 6.79. The number of hydrogen-bond acceptors (Lipinski definition) is 4. The summed E-state index contributed by atoms with van der Waals surface area (Å²) in [4.78, 5) is 12.3. The number of allylic oxidation sites excluding steroid dienone is 1. The van der Waals surface area contributed by atoms with Crippen LogP contribution in [0.2, 0.25) is 0 Å². The van der Waals surface area contributed by atoms with Crippen LogP contribution in [0.15, 0.2) is 54.1 Å². The molecular formula is C20H20O4. The third-order valence-electron chi connectivity index (χ3n) is 4.33. The molecule has 1 heterocycles. The van der Waals surface area contributed by atoms with E-state index < -0.39 is 0 Å². The smallest absolute Gasteiger partial charge is 0.335 e. The van der Waals surface area contributed by atoms with Gasteiger partial charge in [0.15, 0.2) is 11.5 Å². The van der Waals surface area contributed by atoms with Gasteiger partial charge in [-0.1, -0.05) is 36.4 Å². The summed E-state index contributed by atoms with van der Waals surface area (Å²) in [6, 6.07) is 15.5. The Labute approximate surface area is 141 Å². The zero-order valence-electron chi connectivity index (χ0n) is 14.0. The maximum atomic E-state index is 12.3. The van der Waals surface area contributed by atoms with E-state index in [0.29, 0.717) is 23.5 Å². The first-order chi connectivity index (χ1) is 11.6. The monoisotopic (exact) mass is 324 g/mol. The lowest BCUT2D eigenvalue weighted by molar-refractivity contribution is -0.139. The Balaban J connectivity index is 1.93. The third-order valence-corrected chi connectivity index (χ3v) is 4.33. The predicted molar refractivity (Wildman–Crippen MR) is 92.0 cm³/mol. The van der Waals surface area contributed by atoms with Crippen molar-refractivity contribution in [2.24, 2.45) is 0 Å². The minimum Gasteiger partial charge on any atom is -0.493 e. The van der Waals surface area contributed by atoms with Crippen molar-refractivity contribution < 1.29 is 19.0 Å². The minimum atomic E-state index is -0.254. The molecule has 2 aromatic carbocycles. The predicted octanol–water partition coefficient (Wildman–Crippen LogP) is 4.17. The standard InChI is InChI=1S/C20H20O4/c1-13(15-9-10-17(22-2)19(11-15)23-3)16-12-18(24-20(16)21)14-7-5-4-6-8-14/h4-11,18H,12H2,1-3H3/b16-13+. The van der Waals surface area contributed by atoms with Crippen LogP contribution in [0.4, 0.5) is 0 Å². The van der Waals surface area contributed by atoms with Crippen molar-refractivity contribution in [3.05, 3.63) is 65.2 Å². The molecule has 0 aromatic heterocycles. The Morgan fingerprint density at radius 2 is 1.75 bits per heavy atom. The molecular weight excluding hydrogens is 304 g/mol. The topological polar surface area (TPSA) is 44.8 Å². The van der Waals surface area contributed by atoms with Crippen molar-refractivity contribution in [2.75, 3.05) is 14.2 Å². The SMILES string of the molecule is COc1ccc(/C(C)=C2\CC(c3ccccc3)OC2=O)cc1OC. The summed E-state index contributed by atoms with van der Waals surface area (Å²) >= 11 is 0. The van der Waals surface area contributed by atoms with Gasteiger partial charge in [-0.25, -0.2) is 4.79 Å². The Kier molecular flexibility index (Phi) is 4.56. The third kappa shape index (κ3) is 3.00. The highest BCUT2D eigenvalue weighted by molar-refractivity contribution is 5.99. The van der Waals surface area contributed by atoms with Crippen LogP contribution in [0.1, 0.15) is 30.6 Å². The summed E-state index contributed by atoms with van der Waals surface area (Å²) in [5, 5.41) is 0. The highest BCUT2D eigenvalue weighted by Crippen LogP contribution is 2.38. The molecule has 0 amide bonds. The molecule has 1 aliphatic heterocycles. The van der Waals surface area contributed by atoms with Crippen molar-refractivity contribution >= 4 is 11.5 Å². The lowest BCUT2D eigenvalue weighted by Crippen LogP contribution is -1.99. The number of rotatable bonds is 4. The van der Waals surface area contributed by atoms with Crippen LogP contribution in [-0.4, -0.2) is 20.2 Å². The van der Waals surface area contributed by atoms with Crippen molar-refractivity contribution in [2.45, 2.75) is 19.4 Å². The van der Waals surface area contributed by atoms with Gasteiger partial charge < -0.3 is 14.2 Å². The van der Waals surface area contributed by atoms with E-state index in [1.807, 2.05) is 55.5 Å². The molecule has 1 fully saturated rings. The fourth-order valence-corrected chi connectivity index (χ4v) is 2.91. The summed E-state index contributed by atoms with van der Waals surface area (Å²) in [5.74, 6) is 1.05. The van der Waals surface area contributed by atoms with Crippen LogP contribution in [0, 0.1) is 0 Å². The molecule has 0 radical (unpaired) electrons. The number of carbonyl (C=O) groups is 1. The van der Waals surface area contributed by atoms with Gasteiger partial charge in [0.25, 0.3) is 0 Å². The number of benzene rings is 2. The molecule has 4 heteroatoms. The lowest BCUT2D eigenvalue weighted by Gasteiger charge is -2.11. The summed E-state index contributed by atoms with van der Waals surface area (Å²) in [5.41, 5.74) is 3.55. The van der Waals surface area contributed by atoms with Gasteiger partial charge in [0, 0.05) is 12.0 Å². The number of esters is 1. The molecule has 4 nitrogen and oxygen atoms in total. The van der Waals surface area contributed by atoms with Crippen LogP contribution in [0.25, 0.3) is 5.57 Å². The summed E-state index contributed by atoms with van der Waals surface area (Å²) in [6.45, 7) is 1.94. The maximum Gasteiger partial charge on any atom is 0.335 e. The molecule has 0 spiro atoms. The Morgan fingerprint density at radius 3 is 2.42 bits per heavy atom. The summed E-state index contributed by atoms with van der Waals surface area (Å²) < 4.78 is 16.2. The fourth-order valence-electron chi connectivity index (χ4n) is 2.91. The van der Waals surface area contributed by atoms with Gasteiger partial charge in [-0.3, -0.25) is 0 Å². The zero-order chi connectivity index (χ0) is 17.1. The molecule has 1 atom stereocenters. The quantitative estimate of drug-likeness (QED) is 0.625. The van der Waals surface area contributed by atoms with Crippen LogP contribution in [0.3, 0.4) is 0 Å². The van der Waals surface area contributed by atoms with Gasteiger partial charge in [0.2, 0.25) is 0 Å². The number of methoxy groups -OCH3 is 2. The zero-order valence-corrected chi connectivity index (χ0v) is 14.0. The van der Waals surface area contributed by atoms with Crippen LogP contribution < -0.4 is 9.47 Å². The molecule has 124 valence electrons. The van der Waals surface area contributed by atoms with E-state index in [-0.39, 0.29) is 12.1 Å². The van der Waals surface area contributed by atoms with Gasteiger partial charge in [-0.15, -0.1) is 0 Å². The summed E-state index contributed by atoms with van der Waals surface area (Å²) in [7, 11) is 3.20. The van der Waals surface area contributed by atoms with Gasteiger partial charge in [0.05, 0.1) is 14.2 Å².